The molecule has 0 atom stereocenters. The van der Waals surface area contributed by atoms with E-state index in [-0.39, 0.29) is 21.5 Å². The van der Waals surface area contributed by atoms with Crippen LogP contribution in [0.3, 0.4) is 0 Å². The summed E-state index contributed by atoms with van der Waals surface area (Å²) in [5.41, 5.74) is 1.90. The zero-order valence-corrected chi connectivity index (χ0v) is 14.8. The molecule has 0 fully saturated rings. The molecule has 12 heteroatoms. The Morgan fingerprint density at radius 2 is 1.93 bits per heavy atom. The summed E-state index contributed by atoms with van der Waals surface area (Å²) < 4.78 is 5.09. The highest BCUT2D eigenvalue weighted by Crippen LogP contribution is 2.37. The van der Waals surface area contributed by atoms with E-state index in [4.69, 9.17) is 27.9 Å². The number of nitrogens with one attached hydrogen (secondary N) is 1. The number of benzene rings is 2. The fraction of sp³-hybridized carbons (Fsp3) is 0.0667. The summed E-state index contributed by atoms with van der Waals surface area (Å²) in [6, 6.07) is 7.88. The minimum Gasteiger partial charge on any atom is -0.476 e. The first kappa shape index (κ1) is 20.1. The highest BCUT2D eigenvalue weighted by Gasteiger charge is 2.21. The van der Waals surface area contributed by atoms with Crippen LogP contribution in [0.5, 0.6) is 5.75 Å². The first-order chi connectivity index (χ1) is 12.8. The monoisotopic (exact) mass is 412 g/mol. The summed E-state index contributed by atoms with van der Waals surface area (Å²) in [7, 11) is 0. The van der Waals surface area contributed by atoms with Crippen molar-refractivity contribution in [3.63, 3.8) is 0 Å². The van der Waals surface area contributed by atoms with Gasteiger partial charge in [0.1, 0.15) is 0 Å². The lowest BCUT2D eigenvalue weighted by molar-refractivity contribution is -0.385. The van der Waals surface area contributed by atoms with Gasteiger partial charge in [-0.25, -0.2) is 5.43 Å². The maximum atomic E-state index is 11.7. The van der Waals surface area contributed by atoms with Crippen molar-refractivity contribution in [3.05, 3.63) is 72.2 Å². The second-order valence-corrected chi connectivity index (χ2v) is 5.77. The molecule has 0 bridgehead atoms. The van der Waals surface area contributed by atoms with Gasteiger partial charge in [-0.05, 0) is 6.07 Å². The molecular formula is C15H10Cl2N4O6. The van der Waals surface area contributed by atoms with Gasteiger partial charge < -0.3 is 4.74 Å². The van der Waals surface area contributed by atoms with Crippen molar-refractivity contribution in [1.29, 1.82) is 0 Å². The number of ether oxygens (including phenoxy) is 1. The highest BCUT2D eigenvalue weighted by molar-refractivity contribution is 6.36. The van der Waals surface area contributed by atoms with E-state index >= 15 is 0 Å². The Morgan fingerprint density at radius 1 is 1.19 bits per heavy atom. The SMILES string of the molecule is O=C(COc1c(Cl)cc(Cl)cc1[N+](=O)[O-])N/N=C/c1cccc([N+](=O)[O-])c1. The summed E-state index contributed by atoms with van der Waals surface area (Å²) in [6.45, 7) is -0.603. The van der Waals surface area contributed by atoms with Gasteiger partial charge in [-0.1, -0.05) is 35.3 Å². The smallest absolute Gasteiger partial charge is 0.314 e. The van der Waals surface area contributed by atoms with Gasteiger partial charge in [0.25, 0.3) is 11.6 Å². The predicted octanol–water partition coefficient (Wildman–Crippen LogP) is 3.34. The number of halogens is 2. The number of hydrazone groups is 1. The van der Waals surface area contributed by atoms with Gasteiger partial charge >= 0.3 is 5.69 Å². The number of nitrogens with zero attached hydrogens (tertiary/aromatic N) is 3. The van der Waals surface area contributed by atoms with Gasteiger partial charge in [0.15, 0.2) is 6.61 Å². The number of carbonyl (C=O) groups is 1. The number of rotatable bonds is 7. The third kappa shape index (κ3) is 5.62. The van der Waals surface area contributed by atoms with Crippen LogP contribution < -0.4 is 10.2 Å². The number of nitro benzene ring substituents is 2. The molecule has 10 nitrogen and oxygen atoms in total. The minimum absolute atomic E-state index is 0.0463. The lowest BCUT2D eigenvalue weighted by Crippen LogP contribution is -2.24. The summed E-state index contributed by atoms with van der Waals surface area (Å²) in [5, 5.41) is 25.3. The Balaban J connectivity index is 1.98. The number of nitro groups is 2. The molecule has 0 aromatic heterocycles. The molecule has 0 aliphatic rings. The van der Waals surface area contributed by atoms with Gasteiger partial charge in [-0.15, -0.1) is 0 Å². The van der Waals surface area contributed by atoms with Crippen LogP contribution in [-0.2, 0) is 4.79 Å². The fourth-order valence-corrected chi connectivity index (χ4v) is 2.43. The summed E-state index contributed by atoms with van der Waals surface area (Å²) in [5.74, 6) is -1.03. The van der Waals surface area contributed by atoms with Crippen molar-refractivity contribution in [2.45, 2.75) is 0 Å². The average molecular weight is 413 g/mol. The molecule has 0 saturated carbocycles. The zero-order valence-electron chi connectivity index (χ0n) is 13.3. The molecule has 2 aromatic rings. The molecular weight excluding hydrogens is 403 g/mol. The molecule has 140 valence electrons. The Morgan fingerprint density at radius 3 is 2.59 bits per heavy atom. The van der Waals surface area contributed by atoms with E-state index in [2.05, 4.69) is 10.5 Å². The molecule has 2 aromatic carbocycles. The van der Waals surface area contributed by atoms with Crippen LogP contribution in [0.1, 0.15) is 5.56 Å². The summed E-state index contributed by atoms with van der Waals surface area (Å²) in [4.78, 5) is 32.1. The van der Waals surface area contributed by atoms with Crippen molar-refractivity contribution in [3.8, 4) is 5.75 Å². The Bertz CT molecular complexity index is 935. The van der Waals surface area contributed by atoms with E-state index in [0.717, 1.165) is 6.07 Å². The second kappa shape index (κ2) is 8.92. The lowest BCUT2D eigenvalue weighted by Gasteiger charge is -2.08. The Labute approximate surface area is 161 Å². The molecule has 0 heterocycles. The van der Waals surface area contributed by atoms with Gasteiger partial charge in [0, 0.05) is 28.8 Å². The van der Waals surface area contributed by atoms with Gasteiger partial charge in [-0.2, -0.15) is 5.10 Å². The predicted molar refractivity (Wildman–Crippen MR) is 97.4 cm³/mol. The van der Waals surface area contributed by atoms with Crippen LogP contribution in [0.4, 0.5) is 11.4 Å². The normalized spacial score (nSPS) is 10.6. The van der Waals surface area contributed by atoms with Crippen LogP contribution in [0.2, 0.25) is 10.0 Å². The topological polar surface area (TPSA) is 137 Å². The van der Waals surface area contributed by atoms with E-state index in [0.29, 0.717) is 5.56 Å². The van der Waals surface area contributed by atoms with Gasteiger partial charge in [0.05, 0.1) is 21.1 Å². The average Bonchev–Trinajstić information content (AvgIpc) is 2.60. The van der Waals surface area contributed by atoms with Crippen LogP contribution in [-0.4, -0.2) is 28.6 Å². The van der Waals surface area contributed by atoms with Crippen LogP contribution in [0.15, 0.2) is 41.5 Å². The number of hydrogen-bond donors (Lipinski definition) is 1. The highest BCUT2D eigenvalue weighted by atomic mass is 35.5. The van der Waals surface area contributed by atoms with Crippen LogP contribution in [0, 0.1) is 20.2 Å². The molecule has 1 N–H and O–H groups in total. The molecule has 1 amide bonds. The van der Waals surface area contributed by atoms with E-state index in [1.165, 1.54) is 30.5 Å². The molecule has 0 spiro atoms. The van der Waals surface area contributed by atoms with Crippen molar-refractivity contribution in [2.24, 2.45) is 5.10 Å². The largest absolute Gasteiger partial charge is 0.476 e. The van der Waals surface area contributed by atoms with Crippen LogP contribution in [0.25, 0.3) is 0 Å². The number of amides is 1. The molecule has 0 saturated heterocycles. The summed E-state index contributed by atoms with van der Waals surface area (Å²) >= 11 is 11.6. The Kier molecular flexibility index (Phi) is 6.63. The lowest BCUT2D eigenvalue weighted by atomic mass is 10.2. The molecule has 2 rings (SSSR count). The number of carbonyl (C=O) groups excluding carboxylic acids is 1. The first-order valence-electron chi connectivity index (χ1n) is 7.10. The van der Waals surface area contributed by atoms with Crippen molar-refractivity contribution >= 4 is 46.7 Å². The van der Waals surface area contributed by atoms with Crippen molar-refractivity contribution in [1.82, 2.24) is 5.43 Å². The van der Waals surface area contributed by atoms with Crippen LogP contribution >= 0.6 is 23.2 Å². The molecule has 0 aliphatic heterocycles. The fourth-order valence-electron chi connectivity index (χ4n) is 1.89. The van der Waals surface area contributed by atoms with E-state index in [9.17, 15) is 25.0 Å². The maximum absolute atomic E-state index is 11.7. The van der Waals surface area contributed by atoms with E-state index in [1.807, 2.05) is 0 Å². The molecule has 0 aliphatic carbocycles. The zero-order chi connectivity index (χ0) is 20.0. The third-order valence-electron chi connectivity index (χ3n) is 3.02. The van der Waals surface area contributed by atoms with Crippen molar-refractivity contribution < 1.29 is 19.4 Å². The maximum Gasteiger partial charge on any atom is 0.314 e. The Hall–Kier alpha value is -3.24. The molecule has 0 unspecified atom stereocenters. The third-order valence-corrected chi connectivity index (χ3v) is 3.52. The van der Waals surface area contributed by atoms with Crippen molar-refractivity contribution in [2.75, 3.05) is 6.61 Å². The van der Waals surface area contributed by atoms with E-state index in [1.54, 1.807) is 6.07 Å². The van der Waals surface area contributed by atoms with E-state index < -0.39 is 28.0 Å². The quantitative estimate of drug-likeness (QED) is 0.420. The molecule has 27 heavy (non-hydrogen) atoms. The van der Waals surface area contributed by atoms with Gasteiger partial charge in [0.2, 0.25) is 5.75 Å². The van der Waals surface area contributed by atoms with Gasteiger partial charge in [-0.3, -0.25) is 25.0 Å². The first-order valence-corrected chi connectivity index (χ1v) is 7.86. The summed E-state index contributed by atoms with van der Waals surface area (Å²) in [6.07, 6.45) is 1.20. The standard InChI is InChI=1S/C15H10Cl2N4O6/c16-10-5-12(17)15(13(6-10)21(25)26)27-8-14(22)19-18-7-9-2-1-3-11(4-9)20(23)24/h1-7H,8H2,(H,19,22)/b18-7+. The number of hydrogen-bond acceptors (Lipinski definition) is 7. The number of non-ortho nitro benzene ring substituents is 1. The minimum atomic E-state index is -0.745. The second-order valence-electron chi connectivity index (χ2n) is 4.93. The molecule has 0 radical (unpaired) electrons.